The Morgan fingerprint density at radius 3 is 2.37 bits per heavy atom. The van der Waals surface area contributed by atoms with Crippen molar-refractivity contribution in [3.8, 4) is 0 Å². The number of anilines is 2. The molecule has 0 amide bonds. The van der Waals surface area contributed by atoms with Gasteiger partial charge in [0.15, 0.2) is 5.11 Å². The van der Waals surface area contributed by atoms with Crippen LogP contribution in [-0.2, 0) is 0 Å². The van der Waals surface area contributed by atoms with Gasteiger partial charge in [0.05, 0.1) is 5.69 Å². The molecule has 98 valence electrons. The Morgan fingerprint density at radius 2 is 1.68 bits per heavy atom. The zero-order chi connectivity index (χ0) is 13.8. The van der Waals surface area contributed by atoms with E-state index in [1.165, 1.54) is 0 Å². The normalized spacial score (nSPS) is 10.1. The Morgan fingerprint density at radius 1 is 1.00 bits per heavy atom. The van der Waals surface area contributed by atoms with E-state index in [4.69, 9.17) is 23.8 Å². The molecule has 6 heteroatoms. The summed E-state index contributed by atoms with van der Waals surface area (Å²) in [6.45, 7) is 0. The first-order valence-electron chi connectivity index (χ1n) is 5.33. The topological polar surface area (TPSA) is 24.1 Å². The van der Waals surface area contributed by atoms with Crippen LogP contribution in [0.1, 0.15) is 0 Å². The molecule has 0 spiro atoms. The predicted octanol–water partition coefficient (Wildman–Crippen LogP) is 4.43. The SMILES string of the molecule is Fc1ccc(F)c(NC(=S)Nc2ccc(Cl)cc2)c1. The van der Waals surface area contributed by atoms with E-state index >= 15 is 0 Å². The van der Waals surface area contributed by atoms with Crippen molar-refractivity contribution in [1.29, 1.82) is 0 Å². The Labute approximate surface area is 119 Å². The third-order valence-corrected chi connectivity index (χ3v) is 2.73. The maximum atomic E-state index is 13.4. The van der Waals surface area contributed by atoms with Crippen LogP contribution in [0.5, 0.6) is 0 Å². The molecule has 2 rings (SSSR count). The minimum Gasteiger partial charge on any atom is -0.332 e. The third-order valence-electron chi connectivity index (χ3n) is 2.28. The van der Waals surface area contributed by atoms with Crippen molar-refractivity contribution in [2.75, 3.05) is 10.6 Å². The summed E-state index contributed by atoms with van der Waals surface area (Å²) in [4.78, 5) is 0. The molecule has 19 heavy (non-hydrogen) atoms. The van der Waals surface area contributed by atoms with Gasteiger partial charge in [0, 0.05) is 16.8 Å². The molecule has 0 aromatic heterocycles. The molecule has 0 bridgehead atoms. The quantitative estimate of drug-likeness (QED) is 0.802. The molecule has 0 aliphatic rings. The Hall–Kier alpha value is -1.72. The maximum Gasteiger partial charge on any atom is 0.175 e. The third kappa shape index (κ3) is 3.87. The van der Waals surface area contributed by atoms with Crippen molar-refractivity contribution in [3.05, 3.63) is 59.1 Å². The van der Waals surface area contributed by atoms with E-state index in [0.29, 0.717) is 10.7 Å². The Bertz CT molecular complexity index is 602. The highest BCUT2D eigenvalue weighted by Crippen LogP contribution is 2.17. The molecule has 2 aromatic carbocycles. The van der Waals surface area contributed by atoms with Crippen molar-refractivity contribution >= 4 is 40.3 Å². The van der Waals surface area contributed by atoms with Crippen molar-refractivity contribution < 1.29 is 8.78 Å². The summed E-state index contributed by atoms with van der Waals surface area (Å²) in [6.07, 6.45) is 0. The molecule has 0 heterocycles. The second-order valence-corrected chi connectivity index (χ2v) is 4.55. The molecule has 2 N–H and O–H groups in total. The van der Waals surface area contributed by atoms with E-state index in [9.17, 15) is 8.78 Å². The van der Waals surface area contributed by atoms with Crippen LogP contribution in [0.4, 0.5) is 20.2 Å². The number of thiocarbonyl (C=S) groups is 1. The molecular weight excluding hydrogens is 290 g/mol. The molecule has 0 saturated heterocycles. The van der Waals surface area contributed by atoms with Crippen LogP contribution in [-0.4, -0.2) is 5.11 Å². The van der Waals surface area contributed by atoms with Gasteiger partial charge in [-0.25, -0.2) is 8.78 Å². The van der Waals surface area contributed by atoms with Crippen LogP contribution < -0.4 is 10.6 Å². The fourth-order valence-corrected chi connectivity index (χ4v) is 1.76. The smallest absolute Gasteiger partial charge is 0.175 e. The van der Waals surface area contributed by atoms with Crippen molar-refractivity contribution in [2.24, 2.45) is 0 Å². The molecule has 0 aliphatic carbocycles. The minimum atomic E-state index is -0.582. The first-order valence-corrected chi connectivity index (χ1v) is 6.12. The fourth-order valence-electron chi connectivity index (χ4n) is 1.41. The summed E-state index contributed by atoms with van der Waals surface area (Å²) in [6, 6.07) is 9.92. The first-order chi connectivity index (χ1) is 9.04. The van der Waals surface area contributed by atoms with Gasteiger partial charge in [0.1, 0.15) is 11.6 Å². The van der Waals surface area contributed by atoms with Crippen LogP contribution in [0.15, 0.2) is 42.5 Å². The van der Waals surface area contributed by atoms with Crippen LogP contribution >= 0.6 is 23.8 Å². The zero-order valence-corrected chi connectivity index (χ0v) is 11.2. The Kier molecular flexibility index (Phi) is 4.29. The van der Waals surface area contributed by atoms with Gasteiger partial charge >= 0.3 is 0 Å². The lowest BCUT2D eigenvalue weighted by Gasteiger charge is -2.11. The summed E-state index contributed by atoms with van der Waals surface area (Å²) < 4.78 is 26.4. The van der Waals surface area contributed by atoms with Gasteiger partial charge < -0.3 is 10.6 Å². The summed E-state index contributed by atoms with van der Waals surface area (Å²) >= 11 is 10.8. The Balaban J connectivity index is 2.05. The molecule has 0 atom stereocenters. The lowest BCUT2D eigenvalue weighted by molar-refractivity contribution is 0.604. The molecule has 0 aliphatic heterocycles. The highest BCUT2D eigenvalue weighted by Gasteiger charge is 2.05. The van der Waals surface area contributed by atoms with Crippen molar-refractivity contribution in [2.45, 2.75) is 0 Å². The largest absolute Gasteiger partial charge is 0.332 e. The van der Waals surface area contributed by atoms with Gasteiger partial charge in [-0.1, -0.05) is 11.6 Å². The van der Waals surface area contributed by atoms with Gasteiger partial charge in [0.25, 0.3) is 0 Å². The summed E-state index contributed by atoms with van der Waals surface area (Å²) in [5, 5.41) is 6.18. The standard InChI is InChI=1S/C13H9ClF2N2S/c14-8-1-4-10(5-2-8)17-13(19)18-12-7-9(15)3-6-11(12)16/h1-7H,(H2,17,18,19). The monoisotopic (exact) mass is 298 g/mol. The van der Waals surface area contributed by atoms with E-state index in [1.54, 1.807) is 24.3 Å². The van der Waals surface area contributed by atoms with E-state index in [-0.39, 0.29) is 10.8 Å². The zero-order valence-electron chi connectivity index (χ0n) is 9.58. The number of rotatable bonds is 2. The van der Waals surface area contributed by atoms with Gasteiger partial charge in [-0.05, 0) is 48.6 Å². The molecule has 2 nitrogen and oxygen atoms in total. The molecule has 2 aromatic rings. The second-order valence-electron chi connectivity index (χ2n) is 3.71. The highest BCUT2D eigenvalue weighted by atomic mass is 35.5. The summed E-state index contributed by atoms with van der Waals surface area (Å²) in [7, 11) is 0. The number of hydrogen-bond donors (Lipinski definition) is 2. The average Bonchev–Trinajstić information content (AvgIpc) is 2.37. The number of halogens is 3. The van der Waals surface area contributed by atoms with E-state index in [0.717, 1.165) is 18.2 Å². The maximum absolute atomic E-state index is 13.4. The molecule has 0 fully saturated rings. The first kappa shape index (κ1) is 13.7. The van der Waals surface area contributed by atoms with Crippen molar-refractivity contribution in [1.82, 2.24) is 0 Å². The van der Waals surface area contributed by atoms with Crippen LogP contribution in [0, 0.1) is 11.6 Å². The molecule has 0 saturated carbocycles. The van der Waals surface area contributed by atoms with Crippen LogP contribution in [0.2, 0.25) is 5.02 Å². The van der Waals surface area contributed by atoms with E-state index in [2.05, 4.69) is 10.6 Å². The lowest BCUT2D eigenvalue weighted by atomic mass is 10.3. The van der Waals surface area contributed by atoms with Crippen molar-refractivity contribution in [3.63, 3.8) is 0 Å². The van der Waals surface area contributed by atoms with E-state index < -0.39 is 11.6 Å². The molecule has 0 radical (unpaired) electrons. The van der Waals surface area contributed by atoms with E-state index in [1.807, 2.05) is 0 Å². The lowest BCUT2D eigenvalue weighted by Crippen LogP contribution is -2.19. The highest BCUT2D eigenvalue weighted by molar-refractivity contribution is 7.80. The van der Waals surface area contributed by atoms with Crippen LogP contribution in [0.3, 0.4) is 0 Å². The molecule has 0 unspecified atom stereocenters. The molecular formula is C13H9ClF2N2S. The number of nitrogens with one attached hydrogen (secondary N) is 2. The summed E-state index contributed by atoms with van der Waals surface area (Å²) in [5.74, 6) is -1.13. The minimum absolute atomic E-state index is 0.0218. The van der Waals surface area contributed by atoms with Crippen LogP contribution in [0.25, 0.3) is 0 Å². The average molecular weight is 299 g/mol. The van der Waals surface area contributed by atoms with Gasteiger partial charge in [-0.3, -0.25) is 0 Å². The van der Waals surface area contributed by atoms with Gasteiger partial charge in [-0.2, -0.15) is 0 Å². The number of benzene rings is 2. The second kappa shape index (κ2) is 5.95. The summed E-state index contributed by atoms with van der Waals surface area (Å²) in [5.41, 5.74) is 0.671. The van der Waals surface area contributed by atoms with Gasteiger partial charge in [0.2, 0.25) is 0 Å². The number of hydrogen-bond acceptors (Lipinski definition) is 1. The predicted molar refractivity (Wildman–Crippen MR) is 77.7 cm³/mol. The fraction of sp³-hybridized carbons (Fsp3) is 0. The van der Waals surface area contributed by atoms with Gasteiger partial charge in [-0.15, -0.1) is 0 Å².